The van der Waals surface area contributed by atoms with Crippen molar-refractivity contribution in [3.8, 4) is 11.1 Å². The average molecular weight is 807 g/mol. The van der Waals surface area contributed by atoms with Gasteiger partial charge in [-0.25, -0.2) is 0 Å². The predicted octanol–water partition coefficient (Wildman–Crippen LogP) is 14.6. The molecule has 0 aliphatic heterocycles. The fraction of sp³-hybridized carbons (Fsp3) is 0.0179. The first-order valence-corrected chi connectivity index (χ1v) is 21.5. The number of hydrogen-bond acceptors (Lipinski definition) is 1. The van der Waals surface area contributed by atoms with Crippen LogP contribution in [-0.4, -0.2) is 36.2 Å². The third-order valence-corrected chi connectivity index (χ3v) is 13.9. The molecule has 6 heterocycles. The number of benzene rings is 9. The highest BCUT2D eigenvalue weighted by Gasteiger charge is 2.20. The number of carbonyl (C=O) groups excluding carboxylic acids is 1. The Labute approximate surface area is 356 Å². The molecule has 7 heteroatoms. The molecule has 9 aromatic carbocycles. The van der Waals surface area contributed by atoms with Gasteiger partial charge in [0.2, 0.25) is 0 Å². The summed E-state index contributed by atoms with van der Waals surface area (Å²) in [7, 11) is 0. The van der Waals surface area contributed by atoms with Crippen molar-refractivity contribution in [1.29, 1.82) is 0 Å². The Balaban J connectivity index is 0.935. The third kappa shape index (κ3) is 4.54. The molecule has 63 heavy (non-hydrogen) atoms. The van der Waals surface area contributed by atoms with Crippen molar-refractivity contribution < 1.29 is 4.79 Å². The number of aldehydes is 1. The van der Waals surface area contributed by atoms with Gasteiger partial charge in [0.25, 0.3) is 0 Å². The third-order valence-electron chi connectivity index (χ3n) is 13.9. The molecule has 0 radical (unpaired) electrons. The minimum Gasteiger partial charge on any atom is -0.354 e. The molecular formula is C56H34N6O. The number of fused-ring (bicyclic) bond motifs is 18. The highest BCUT2D eigenvalue weighted by atomic mass is 16.1. The highest BCUT2D eigenvalue weighted by Crippen LogP contribution is 2.42. The summed E-state index contributed by atoms with van der Waals surface area (Å²) in [6.07, 6.45) is 1.71. The van der Waals surface area contributed by atoms with Gasteiger partial charge in [-0.1, -0.05) is 72.8 Å². The zero-order valence-electron chi connectivity index (χ0n) is 33.6. The monoisotopic (exact) mass is 806 g/mol. The van der Waals surface area contributed by atoms with Gasteiger partial charge in [-0.15, -0.1) is 0 Å². The molecule has 6 aromatic heterocycles. The van der Waals surface area contributed by atoms with E-state index in [4.69, 9.17) is 0 Å². The Morgan fingerprint density at radius 3 is 1.48 bits per heavy atom. The summed E-state index contributed by atoms with van der Waals surface area (Å²) in [5.41, 5.74) is 18.2. The molecule has 294 valence electrons. The molecule has 0 bridgehead atoms. The smallest absolute Gasteiger partial charge is 0.152 e. The Bertz CT molecular complexity index is 4500. The van der Waals surface area contributed by atoms with Crippen molar-refractivity contribution in [1.82, 2.24) is 29.9 Å². The maximum absolute atomic E-state index is 13.1. The number of H-pyrrole nitrogens is 6. The summed E-state index contributed by atoms with van der Waals surface area (Å²) < 4.78 is 0. The fourth-order valence-electron chi connectivity index (χ4n) is 11.1. The van der Waals surface area contributed by atoms with E-state index in [1.165, 1.54) is 48.7 Å². The van der Waals surface area contributed by atoms with E-state index in [1.54, 1.807) is 0 Å². The van der Waals surface area contributed by atoms with Crippen LogP contribution >= 0.6 is 0 Å². The Morgan fingerprint density at radius 1 is 0.333 bits per heavy atom. The maximum Gasteiger partial charge on any atom is 0.152 e. The van der Waals surface area contributed by atoms with Crippen molar-refractivity contribution >= 4 is 137 Å². The molecule has 0 unspecified atom stereocenters. The van der Waals surface area contributed by atoms with Gasteiger partial charge < -0.3 is 29.9 Å². The largest absolute Gasteiger partial charge is 0.354 e. The standard InChI is InChI=1S/C56H34N6O/c63-27-43-54-35-9-3-6-12-46(35)60-53(54)26-42-41-21-30(29-14-16-47-36(20-29)40-25-50-38(23-52(40)59-47)33-8-2-5-11-45(33)58-50)19-31(55(41)62-56(42)43)17-28-13-15-34-39-24-49-37(22-51(39)61-48(34)18-28)32-7-1-4-10-44(32)57-49/h1-16,18-27,57-62H,17H2. The zero-order chi connectivity index (χ0) is 41.1. The van der Waals surface area contributed by atoms with E-state index in [1.807, 2.05) is 12.1 Å². The van der Waals surface area contributed by atoms with Crippen LogP contribution in [0.2, 0.25) is 0 Å². The average Bonchev–Trinajstić information content (AvgIpc) is 4.17. The lowest BCUT2D eigenvalue weighted by Gasteiger charge is -2.10. The fourth-order valence-corrected chi connectivity index (χ4v) is 11.1. The molecule has 15 rings (SSSR count). The molecule has 0 atom stereocenters. The van der Waals surface area contributed by atoms with Crippen LogP contribution in [-0.2, 0) is 6.42 Å². The van der Waals surface area contributed by atoms with Gasteiger partial charge in [0.05, 0.1) is 11.0 Å². The minimum absolute atomic E-state index is 0.677. The molecule has 0 amide bonds. The van der Waals surface area contributed by atoms with E-state index in [0.717, 1.165) is 111 Å². The minimum atomic E-state index is 0.677. The second kappa shape index (κ2) is 11.8. The van der Waals surface area contributed by atoms with Gasteiger partial charge in [-0.3, -0.25) is 4.79 Å². The Kier molecular flexibility index (Phi) is 6.24. The summed E-state index contributed by atoms with van der Waals surface area (Å²) >= 11 is 0. The van der Waals surface area contributed by atoms with Crippen molar-refractivity contribution in [2.45, 2.75) is 6.42 Å². The normalized spacial score (nSPS) is 12.6. The van der Waals surface area contributed by atoms with Gasteiger partial charge in [-0.2, -0.15) is 0 Å². The quantitative estimate of drug-likeness (QED) is 0.0978. The van der Waals surface area contributed by atoms with E-state index in [0.29, 0.717) is 12.0 Å². The van der Waals surface area contributed by atoms with Crippen LogP contribution < -0.4 is 0 Å². The van der Waals surface area contributed by atoms with Crippen LogP contribution in [0.4, 0.5) is 0 Å². The molecule has 0 saturated heterocycles. The first kappa shape index (κ1) is 33.2. The van der Waals surface area contributed by atoms with Crippen LogP contribution in [0, 0.1) is 0 Å². The van der Waals surface area contributed by atoms with E-state index in [9.17, 15) is 4.79 Å². The van der Waals surface area contributed by atoms with Gasteiger partial charge in [-0.05, 0) is 108 Å². The van der Waals surface area contributed by atoms with E-state index >= 15 is 0 Å². The SMILES string of the molecule is O=Cc1c2[nH]c3c(Cc4ccc5c(c4)[nH]c4cc6c(cc45)[nH]c4ccccc46)cc(-c4ccc5[nH]c6cc7c(cc6c5c4)[nH]c4ccccc47)cc3c2cc2[nH]c3ccccc3c12. The van der Waals surface area contributed by atoms with Crippen molar-refractivity contribution in [2.24, 2.45) is 0 Å². The van der Waals surface area contributed by atoms with Crippen LogP contribution in [0.15, 0.2) is 152 Å². The van der Waals surface area contributed by atoms with E-state index < -0.39 is 0 Å². The number of hydrogen-bond donors (Lipinski definition) is 6. The molecule has 15 aromatic rings. The predicted molar refractivity (Wildman–Crippen MR) is 263 cm³/mol. The van der Waals surface area contributed by atoms with Gasteiger partial charge in [0, 0.05) is 125 Å². The molecular weight excluding hydrogens is 773 g/mol. The lowest BCUT2D eigenvalue weighted by atomic mass is 9.94. The maximum atomic E-state index is 13.1. The summed E-state index contributed by atoms with van der Waals surface area (Å²) in [5, 5.41) is 13.8. The number of rotatable bonds is 4. The molecule has 0 aliphatic rings. The Morgan fingerprint density at radius 2 is 0.810 bits per heavy atom. The number of nitrogens with one attached hydrogen (secondary N) is 6. The van der Waals surface area contributed by atoms with Gasteiger partial charge in [0.1, 0.15) is 0 Å². The van der Waals surface area contributed by atoms with Gasteiger partial charge >= 0.3 is 0 Å². The number of para-hydroxylation sites is 3. The molecule has 7 nitrogen and oxygen atoms in total. The Hall–Kier alpha value is -8.55. The lowest BCUT2D eigenvalue weighted by Crippen LogP contribution is -1.92. The number of carbonyl (C=O) groups is 1. The molecule has 6 N–H and O–H groups in total. The summed E-state index contributed by atoms with van der Waals surface area (Å²) in [4.78, 5) is 35.3. The summed E-state index contributed by atoms with van der Waals surface area (Å²) in [6.45, 7) is 0. The van der Waals surface area contributed by atoms with Crippen molar-refractivity contribution in [3.63, 3.8) is 0 Å². The van der Waals surface area contributed by atoms with Crippen LogP contribution in [0.5, 0.6) is 0 Å². The van der Waals surface area contributed by atoms with Crippen LogP contribution in [0.25, 0.3) is 142 Å². The van der Waals surface area contributed by atoms with E-state index in [2.05, 4.69) is 169 Å². The zero-order valence-corrected chi connectivity index (χ0v) is 33.6. The van der Waals surface area contributed by atoms with Crippen LogP contribution in [0.3, 0.4) is 0 Å². The second-order valence-electron chi connectivity index (χ2n) is 17.4. The van der Waals surface area contributed by atoms with Gasteiger partial charge in [0.15, 0.2) is 6.29 Å². The van der Waals surface area contributed by atoms with Crippen molar-refractivity contribution in [3.05, 3.63) is 168 Å². The second-order valence-corrected chi connectivity index (χ2v) is 17.4. The summed E-state index contributed by atoms with van der Waals surface area (Å²) in [6, 6.07) is 54.8. The highest BCUT2D eigenvalue weighted by molar-refractivity contribution is 6.25. The topological polar surface area (TPSA) is 112 Å². The molecule has 0 saturated carbocycles. The molecule has 0 spiro atoms. The molecule has 0 fully saturated rings. The van der Waals surface area contributed by atoms with E-state index in [-0.39, 0.29) is 0 Å². The first-order chi connectivity index (χ1) is 31.1. The summed E-state index contributed by atoms with van der Waals surface area (Å²) in [5.74, 6) is 0. The van der Waals surface area contributed by atoms with Crippen LogP contribution in [0.1, 0.15) is 21.5 Å². The van der Waals surface area contributed by atoms with Crippen molar-refractivity contribution in [2.75, 3.05) is 0 Å². The first-order valence-electron chi connectivity index (χ1n) is 21.5. The molecule has 0 aliphatic carbocycles. The number of aromatic nitrogens is 6. The lowest BCUT2D eigenvalue weighted by molar-refractivity contribution is 0.112. The number of aromatic amines is 6.